The summed E-state index contributed by atoms with van der Waals surface area (Å²) in [6.45, 7) is 11.1. The second-order valence-electron chi connectivity index (χ2n) is 8.67. The molecule has 2 aromatic carbocycles. The third-order valence-corrected chi connectivity index (χ3v) is 6.72. The molecule has 0 aliphatic carbocycles. The fraction of sp³-hybridized carbons (Fsp3) is 0.346. The maximum Gasteiger partial charge on any atom is 0.272 e. The Hall–Kier alpha value is -2.80. The molecule has 7 heteroatoms. The van der Waals surface area contributed by atoms with Crippen molar-refractivity contribution in [3.8, 4) is 0 Å². The molecule has 0 bridgehead atoms. The highest BCUT2D eigenvalue weighted by Gasteiger charge is 2.43. The Morgan fingerprint density at radius 3 is 2.58 bits per heavy atom. The average Bonchev–Trinajstić information content (AvgIpc) is 3.13. The summed E-state index contributed by atoms with van der Waals surface area (Å²) in [4.78, 5) is 29.7. The molecule has 0 aromatic heterocycles. The van der Waals surface area contributed by atoms with Crippen LogP contribution in [0.1, 0.15) is 30.9 Å². The molecule has 1 atom stereocenters. The zero-order valence-corrected chi connectivity index (χ0v) is 19.6. The van der Waals surface area contributed by atoms with Gasteiger partial charge in [0.25, 0.3) is 5.91 Å². The van der Waals surface area contributed by atoms with E-state index < -0.39 is 6.17 Å². The van der Waals surface area contributed by atoms with Gasteiger partial charge in [0.1, 0.15) is 0 Å². The first-order chi connectivity index (χ1) is 16.1. The lowest BCUT2D eigenvalue weighted by Crippen LogP contribution is -2.53. The molecule has 5 rings (SSSR count). The first kappa shape index (κ1) is 22.0. The van der Waals surface area contributed by atoms with Crippen molar-refractivity contribution in [2.75, 3.05) is 37.6 Å². The van der Waals surface area contributed by atoms with Gasteiger partial charge in [0.15, 0.2) is 12.0 Å². The number of carbonyl (C=O) groups is 1. The van der Waals surface area contributed by atoms with Crippen LogP contribution in [0.5, 0.6) is 0 Å². The highest BCUT2D eigenvalue weighted by molar-refractivity contribution is 6.35. The number of amides is 1. The molecule has 0 saturated carbocycles. The monoisotopic (exact) mass is 461 g/mol. The summed E-state index contributed by atoms with van der Waals surface area (Å²) >= 11 is 6.37. The van der Waals surface area contributed by atoms with Crippen molar-refractivity contribution < 1.29 is 4.79 Å². The van der Waals surface area contributed by atoms with Gasteiger partial charge in [0.05, 0.1) is 17.1 Å². The van der Waals surface area contributed by atoms with Crippen LogP contribution in [0, 0.1) is 0 Å². The molecule has 1 saturated heterocycles. The zero-order valence-electron chi connectivity index (χ0n) is 18.9. The SMILES string of the molecule is C=C1N=C(c2ccccc2)c2cc(Cl)ccc2N2C(=O)C(N3CCN(CCCC)CC3)N=C12. The van der Waals surface area contributed by atoms with E-state index in [0.717, 1.165) is 55.2 Å². The zero-order chi connectivity index (χ0) is 22.9. The molecule has 3 aliphatic rings. The molecule has 2 aromatic rings. The van der Waals surface area contributed by atoms with E-state index in [4.69, 9.17) is 21.6 Å². The Balaban J connectivity index is 1.49. The topological polar surface area (TPSA) is 51.5 Å². The smallest absolute Gasteiger partial charge is 0.272 e. The summed E-state index contributed by atoms with van der Waals surface area (Å²) in [5.74, 6) is 0.467. The first-order valence-corrected chi connectivity index (χ1v) is 12.0. The molecule has 1 amide bonds. The Labute approximate surface area is 199 Å². The molecular formula is C26H28ClN5O. The molecule has 6 nitrogen and oxygen atoms in total. The van der Waals surface area contributed by atoms with Gasteiger partial charge < -0.3 is 4.90 Å². The molecule has 33 heavy (non-hydrogen) atoms. The van der Waals surface area contributed by atoms with Crippen LogP contribution < -0.4 is 4.90 Å². The summed E-state index contributed by atoms with van der Waals surface area (Å²) in [5.41, 5.74) is 3.71. The number of hydrogen-bond acceptors (Lipinski definition) is 5. The number of amidine groups is 1. The number of fused-ring (bicyclic) bond motifs is 3. The van der Waals surface area contributed by atoms with Gasteiger partial charge in [-0.05, 0) is 31.2 Å². The summed E-state index contributed by atoms with van der Waals surface area (Å²) in [6, 6.07) is 15.5. The predicted octanol–water partition coefficient (Wildman–Crippen LogP) is 4.19. The normalized spacial score (nSPS) is 21.4. The largest absolute Gasteiger partial charge is 0.301 e. The van der Waals surface area contributed by atoms with Crippen molar-refractivity contribution in [3.63, 3.8) is 0 Å². The number of benzene rings is 2. The van der Waals surface area contributed by atoms with E-state index in [2.05, 4.69) is 23.3 Å². The van der Waals surface area contributed by atoms with Crippen molar-refractivity contribution in [1.82, 2.24) is 9.80 Å². The van der Waals surface area contributed by atoms with Gasteiger partial charge in [0.2, 0.25) is 0 Å². The quantitative estimate of drug-likeness (QED) is 0.670. The van der Waals surface area contributed by atoms with Crippen LogP contribution in [0.3, 0.4) is 0 Å². The lowest BCUT2D eigenvalue weighted by atomic mass is 10.00. The van der Waals surface area contributed by atoms with Crippen molar-refractivity contribution in [2.45, 2.75) is 25.9 Å². The van der Waals surface area contributed by atoms with E-state index in [1.54, 1.807) is 4.90 Å². The first-order valence-electron chi connectivity index (χ1n) is 11.6. The van der Waals surface area contributed by atoms with E-state index in [-0.39, 0.29) is 5.91 Å². The number of hydrogen-bond donors (Lipinski definition) is 0. The minimum Gasteiger partial charge on any atom is -0.301 e. The van der Waals surface area contributed by atoms with Crippen LogP contribution in [0.25, 0.3) is 0 Å². The van der Waals surface area contributed by atoms with Crippen LogP contribution in [0.2, 0.25) is 5.02 Å². The van der Waals surface area contributed by atoms with Gasteiger partial charge in [-0.2, -0.15) is 0 Å². The van der Waals surface area contributed by atoms with Gasteiger partial charge >= 0.3 is 0 Å². The van der Waals surface area contributed by atoms with Crippen molar-refractivity contribution >= 4 is 34.7 Å². The molecule has 0 N–H and O–H groups in total. The van der Waals surface area contributed by atoms with Crippen molar-refractivity contribution in [2.24, 2.45) is 9.98 Å². The third kappa shape index (κ3) is 4.14. The third-order valence-electron chi connectivity index (χ3n) is 6.49. The number of carbonyl (C=O) groups excluding carboxylic acids is 1. The lowest BCUT2D eigenvalue weighted by Gasteiger charge is -2.36. The van der Waals surface area contributed by atoms with Crippen LogP contribution in [0.15, 0.2) is 70.8 Å². The second kappa shape index (κ2) is 9.21. The van der Waals surface area contributed by atoms with Crippen LogP contribution in [0.4, 0.5) is 5.69 Å². The average molecular weight is 462 g/mol. The molecule has 1 unspecified atom stereocenters. The number of piperazine rings is 1. The van der Waals surface area contributed by atoms with Gasteiger partial charge in [-0.1, -0.05) is 61.9 Å². The van der Waals surface area contributed by atoms with Crippen molar-refractivity contribution in [3.05, 3.63) is 77.0 Å². The molecule has 0 spiro atoms. The summed E-state index contributed by atoms with van der Waals surface area (Å²) < 4.78 is 0. The second-order valence-corrected chi connectivity index (χ2v) is 9.10. The van der Waals surface area contributed by atoms with Crippen LogP contribution in [-0.2, 0) is 4.79 Å². The van der Waals surface area contributed by atoms with Gasteiger partial charge in [-0.25, -0.2) is 9.98 Å². The fourth-order valence-electron chi connectivity index (χ4n) is 4.69. The molecular weight excluding hydrogens is 434 g/mol. The van der Waals surface area contributed by atoms with E-state index in [0.29, 0.717) is 16.6 Å². The molecule has 3 heterocycles. The van der Waals surface area contributed by atoms with E-state index in [1.165, 1.54) is 12.8 Å². The summed E-state index contributed by atoms with van der Waals surface area (Å²) in [6.07, 6.45) is 1.86. The summed E-state index contributed by atoms with van der Waals surface area (Å²) in [5, 5.41) is 0.592. The Kier molecular flexibility index (Phi) is 6.15. The summed E-state index contributed by atoms with van der Waals surface area (Å²) in [7, 11) is 0. The minimum absolute atomic E-state index is 0.0544. The van der Waals surface area contributed by atoms with Crippen molar-refractivity contribution in [1.29, 1.82) is 0 Å². The van der Waals surface area contributed by atoms with E-state index in [1.807, 2.05) is 48.5 Å². The van der Waals surface area contributed by atoms with Gasteiger partial charge in [-0.3, -0.25) is 14.6 Å². The maximum absolute atomic E-state index is 13.7. The van der Waals surface area contributed by atoms with Crippen LogP contribution in [-0.4, -0.2) is 66.1 Å². The van der Waals surface area contributed by atoms with Crippen LogP contribution >= 0.6 is 11.6 Å². The number of nitrogens with zero attached hydrogens (tertiary/aromatic N) is 5. The molecule has 170 valence electrons. The van der Waals surface area contributed by atoms with Gasteiger partial charge in [-0.15, -0.1) is 0 Å². The fourth-order valence-corrected chi connectivity index (χ4v) is 4.86. The highest BCUT2D eigenvalue weighted by atomic mass is 35.5. The number of halogens is 1. The minimum atomic E-state index is -0.540. The lowest BCUT2D eigenvalue weighted by molar-refractivity contribution is -0.122. The van der Waals surface area contributed by atoms with E-state index in [9.17, 15) is 4.79 Å². The highest BCUT2D eigenvalue weighted by Crippen LogP contribution is 2.35. The molecule has 1 fully saturated rings. The number of rotatable bonds is 5. The standard InChI is InChI=1S/C26H28ClN5O/c1-3-4-12-30-13-15-31(16-14-30)25-26(33)32-22-11-10-20(27)17-21(22)23(19-8-6-5-7-9-19)28-18(2)24(32)29-25/h5-11,17,25H,2-4,12-16H2,1H3. The predicted molar refractivity (Wildman–Crippen MR) is 134 cm³/mol. The molecule has 3 aliphatic heterocycles. The number of anilines is 1. The Bertz CT molecular complexity index is 1130. The molecule has 0 radical (unpaired) electrons. The Morgan fingerprint density at radius 2 is 1.85 bits per heavy atom. The Morgan fingerprint density at radius 1 is 1.09 bits per heavy atom. The van der Waals surface area contributed by atoms with E-state index >= 15 is 0 Å². The number of unbranched alkanes of at least 4 members (excludes halogenated alkanes) is 1. The van der Waals surface area contributed by atoms with Gasteiger partial charge in [0, 0.05) is 42.3 Å². The maximum atomic E-state index is 13.7. The number of aliphatic imine (C=N–C) groups is 2.